The van der Waals surface area contributed by atoms with E-state index in [0.29, 0.717) is 18.2 Å². The average Bonchev–Trinajstić information content (AvgIpc) is 3.32. The predicted molar refractivity (Wildman–Crippen MR) is 98.5 cm³/mol. The number of nitrogens with zero attached hydrogens (tertiary/aromatic N) is 3. The minimum absolute atomic E-state index is 0.0183. The van der Waals surface area contributed by atoms with Crippen molar-refractivity contribution in [3.8, 4) is 16.5 Å². The van der Waals surface area contributed by atoms with Crippen LogP contribution < -0.4 is 4.74 Å². The Kier molecular flexibility index (Phi) is 5.70. The maximum Gasteiger partial charge on any atom is 0.243 e. The van der Waals surface area contributed by atoms with Crippen LogP contribution in [0.1, 0.15) is 19.7 Å². The van der Waals surface area contributed by atoms with Crippen LogP contribution >= 0.6 is 11.3 Å². The van der Waals surface area contributed by atoms with E-state index in [1.54, 1.807) is 19.1 Å². The third-order valence-electron chi connectivity index (χ3n) is 3.65. The molecule has 3 rings (SSSR count). The van der Waals surface area contributed by atoms with Gasteiger partial charge in [-0.15, -0.1) is 11.3 Å². The van der Waals surface area contributed by atoms with Crippen LogP contribution in [-0.2, 0) is 16.6 Å². The highest BCUT2D eigenvalue weighted by Crippen LogP contribution is 2.24. The van der Waals surface area contributed by atoms with Crippen LogP contribution in [0.4, 0.5) is 0 Å². The summed E-state index contributed by atoms with van der Waals surface area (Å²) < 4.78 is 37.6. The van der Waals surface area contributed by atoms with Crippen molar-refractivity contribution < 1.29 is 17.7 Å². The predicted octanol–water partition coefficient (Wildman–Crippen LogP) is 3.41. The summed E-state index contributed by atoms with van der Waals surface area (Å²) in [6.45, 7) is 4.47. The Morgan fingerprint density at radius 3 is 2.58 bits per heavy atom. The zero-order valence-electron chi connectivity index (χ0n) is 14.5. The average molecular weight is 393 g/mol. The molecule has 3 aromatic rings. The molecule has 0 fully saturated rings. The fraction of sp³-hybridized carbons (Fsp3) is 0.294. The molecule has 0 aliphatic rings. The van der Waals surface area contributed by atoms with Gasteiger partial charge in [0.1, 0.15) is 5.75 Å². The molecule has 0 spiro atoms. The quantitative estimate of drug-likeness (QED) is 0.583. The first-order valence-corrected chi connectivity index (χ1v) is 10.5. The molecule has 0 aliphatic heterocycles. The van der Waals surface area contributed by atoms with Crippen molar-refractivity contribution >= 4 is 21.4 Å². The fourth-order valence-electron chi connectivity index (χ4n) is 2.37. The largest absolute Gasteiger partial charge is 0.494 e. The summed E-state index contributed by atoms with van der Waals surface area (Å²) in [6, 6.07) is 10.1. The molecule has 0 saturated heterocycles. The molecular formula is C17H19N3O4S2. The Bertz CT molecular complexity index is 935. The second-order valence-electron chi connectivity index (χ2n) is 5.32. The smallest absolute Gasteiger partial charge is 0.243 e. The lowest BCUT2D eigenvalue weighted by atomic mass is 10.3. The molecule has 0 bridgehead atoms. The minimum atomic E-state index is -3.67. The van der Waals surface area contributed by atoms with Crippen molar-refractivity contribution in [3.05, 3.63) is 47.7 Å². The summed E-state index contributed by atoms with van der Waals surface area (Å²) in [7, 11) is -3.67. The van der Waals surface area contributed by atoms with E-state index in [-0.39, 0.29) is 23.9 Å². The van der Waals surface area contributed by atoms with Gasteiger partial charge in [0.15, 0.2) is 0 Å². The van der Waals surface area contributed by atoms with E-state index >= 15 is 0 Å². The van der Waals surface area contributed by atoms with Crippen molar-refractivity contribution in [1.29, 1.82) is 0 Å². The lowest BCUT2D eigenvalue weighted by Gasteiger charge is -2.18. The summed E-state index contributed by atoms with van der Waals surface area (Å²) in [6.07, 6.45) is 0. The van der Waals surface area contributed by atoms with E-state index in [2.05, 4.69) is 10.1 Å². The molecule has 9 heteroatoms. The van der Waals surface area contributed by atoms with Crippen LogP contribution in [0.3, 0.4) is 0 Å². The zero-order valence-corrected chi connectivity index (χ0v) is 16.1. The van der Waals surface area contributed by atoms with Crippen molar-refractivity contribution in [3.63, 3.8) is 0 Å². The van der Waals surface area contributed by atoms with E-state index in [1.165, 1.54) is 27.8 Å². The Balaban J connectivity index is 1.79. The summed E-state index contributed by atoms with van der Waals surface area (Å²) in [5.41, 5.74) is 0. The molecule has 138 valence electrons. The third kappa shape index (κ3) is 3.95. The lowest BCUT2D eigenvalue weighted by molar-refractivity contribution is 0.321. The number of hydrogen-bond acceptors (Lipinski definition) is 7. The number of ether oxygens (including phenoxy) is 1. The van der Waals surface area contributed by atoms with Crippen LogP contribution in [-0.4, -0.2) is 36.0 Å². The molecule has 2 aromatic heterocycles. The van der Waals surface area contributed by atoms with E-state index in [9.17, 15) is 8.42 Å². The lowest BCUT2D eigenvalue weighted by Crippen LogP contribution is -2.30. The Labute approximate surface area is 156 Å². The van der Waals surface area contributed by atoms with Gasteiger partial charge in [0.2, 0.25) is 21.7 Å². The van der Waals surface area contributed by atoms with Gasteiger partial charge in [0, 0.05) is 6.54 Å². The number of sulfonamides is 1. The molecule has 0 aliphatic carbocycles. The Hall–Kier alpha value is -2.23. The van der Waals surface area contributed by atoms with Gasteiger partial charge in [0.05, 0.1) is 22.9 Å². The second-order valence-corrected chi connectivity index (χ2v) is 8.21. The van der Waals surface area contributed by atoms with Gasteiger partial charge in [-0.3, -0.25) is 0 Å². The van der Waals surface area contributed by atoms with Gasteiger partial charge in [-0.05, 0) is 42.6 Å². The van der Waals surface area contributed by atoms with Gasteiger partial charge >= 0.3 is 0 Å². The van der Waals surface area contributed by atoms with Crippen molar-refractivity contribution in [1.82, 2.24) is 14.4 Å². The molecule has 0 atom stereocenters. The van der Waals surface area contributed by atoms with Gasteiger partial charge < -0.3 is 9.26 Å². The molecule has 0 radical (unpaired) electrons. The SMILES string of the molecule is CCOc1ccc(S(=O)(=O)N(CC)Cc2nc(-c3cccs3)no2)cc1. The van der Waals surface area contributed by atoms with Gasteiger partial charge in [-0.2, -0.15) is 9.29 Å². The molecule has 1 aromatic carbocycles. The van der Waals surface area contributed by atoms with E-state index < -0.39 is 10.0 Å². The minimum Gasteiger partial charge on any atom is -0.494 e. The highest BCUT2D eigenvalue weighted by molar-refractivity contribution is 7.89. The van der Waals surface area contributed by atoms with Gasteiger partial charge in [-0.1, -0.05) is 18.1 Å². The number of benzene rings is 1. The van der Waals surface area contributed by atoms with E-state index in [4.69, 9.17) is 9.26 Å². The summed E-state index contributed by atoms with van der Waals surface area (Å²) in [5.74, 6) is 1.35. The standard InChI is InChI=1S/C17H19N3O4S2/c1-3-20(12-16-18-17(19-24-16)15-6-5-11-25-15)26(21,22)14-9-7-13(8-10-14)23-4-2/h5-11H,3-4,12H2,1-2H3. The second kappa shape index (κ2) is 7.98. The fourth-order valence-corrected chi connectivity index (χ4v) is 4.41. The third-order valence-corrected chi connectivity index (χ3v) is 6.45. The summed E-state index contributed by atoms with van der Waals surface area (Å²) in [4.78, 5) is 5.36. The molecule has 7 nitrogen and oxygen atoms in total. The highest BCUT2D eigenvalue weighted by Gasteiger charge is 2.25. The monoisotopic (exact) mass is 393 g/mol. The first-order valence-electron chi connectivity index (χ1n) is 8.14. The Morgan fingerprint density at radius 1 is 1.19 bits per heavy atom. The molecule has 0 saturated carbocycles. The summed E-state index contributed by atoms with van der Waals surface area (Å²) >= 11 is 1.49. The number of aromatic nitrogens is 2. The van der Waals surface area contributed by atoms with E-state index in [0.717, 1.165) is 4.88 Å². The van der Waals surface area contributed by atoms with Crippen LogP contribution in [0.5, 0.6) is 5.75 Å². The molecule has 0 amide bonds. The normalized spacial score (nSPS) is 11.8. The van der Waals surface area contributed by atoms with Crippen molar-refractivity contribution in [2.24, 2.45) is 0 Å². The van der Waals surface area contributed by atoms with Gasteiger partial charge in [-0.25, -0.2) is 8.42 Å². The van der Waals surface area contributed by atoms with Crippen LogP contribution in [0.15, 0.2) is 51.2 Å². The molecule has 0 unspecified atom stereocenters. The van der Waals surface area contributed by atoms with Gasteiger partial charge in [0.25, 0.3) is 0 Å². The van der Waals surface area contributed by atoms with Crippen LogP contribution in [0, 0.1) is 0 Å². The van der Waals surface area contributed by atoms with Crippen LogP contribution in [0.25, 0.3) is 10.7 Å². The molecule has 2 heterocycles. The highest BCUT2D eigenvalue weighted by atomic mass is 32.2. The van der Waals surface area contributed by atoms with Crippen molar-refractivity contribution in [2.75, 3.05) is 13.2 Å². The topological polar surface area (TPSA) is 85.5 Å². The van der Waals surface area contributed by atoms with E-state index in [1.807, 2.05) is 24.4 Å². The molecule has 0 N–H and O–H groups in total. The zero-order chi connectivity index (χ0) is 18.6. The maximum absolute atomic E-state index is 12.9. The Morgan fingerprint density at radius 2 is 1.96 bits per heavy atom. The first kappa shape index (κ1) is 18.6. The summed E-state index contributed by atoms with van der Waals surface area (Å²) in [5, 5.41) is 5.84. The number of thiophene rings is 1. The molecule has 26 heavy (non-hydrogen) atoms. The first-order chi connectivity index (χ1) is 12.5. The number of hydrogen-bond donors (Lipinski definition) is 0. The van der Waals surface area contributed by atoms with Crippen molar-refractivity contribution in [2.45, 2.75) is 25.3 Å². The molecular weight excluding hydrogens is 374 g/mol. The van der Waals surface area contributed by atoms with Crippen LogP contribution in [0.2, 0.25) is 0 Å². The maximum atomic E-state index is 12.9. The number of rotatable bonds is 8.